The van der Waals surface area contributed by atoms with Crippen LogP contribution in [0.2, 0.25) is 0 Å². The Balaban J connectivity index is 1.38. The Hall–Kier alpha value is -2.96. The number of H-pyrrole nitrogens is 1. The number of anilines is 1. The number of hydrogen-bond acceptors (Lipinski definition) is 5. The van der Waals surface area contributed by atoms with Crippen LogP contribution in [-0.2, 0) is 4.79 Å². The van der Waals surface area contributed by atoms with Crippen LogP contribution >= 0.6 is 0 Å². The maximum atomic E-state index is 12.4. The molecule has 0 saturated heterocycles. The topological polar surface area (TPSA) is 96.7 Å². The zero-order valence-electron chi connectivity index (χ0n) is 15.7. The summed E-state index contributed by atoms with van der Waals surface area (Å²) in [5, 5.41) is 14.2. The van der Waals surface area contributed by atoms with Crippen molar-refractivity contribution in [1.29, 1.82) is 0 Å². The molecule has 4 rings (SSSR count). The van der Waals surface area contributed by atoms with Crippen LogP contribution in [0.15, 0.2) is 28.8 Å². The quantitative estimate of drug-likeness (QED) is 0.686. The van der Waals surface area contributed by atoms with Crippen molar-refractivity contribution in [1.82, 2.24) is 20.3 Å². The number of aromatic amines is 1. The number of aryl methyl sites for hydroxylation is 2. The number of rotatable bonds is 6. The third-order valence-electron chi connectivity index (χ3n) is 4.97. The van der Waals surface area contributed by atoms with E-state index in [0.717, 1.165) is 34.1 Å². The fourth-order valence-electron chi connectivity index (χ4n) is 3.43. The average molecular weight is 365 g/mol. The Morgan fingerprint density at radius 3 is 2.67 bits per heavy atom. The molecule has 1 amide bonds. The largest absolute Gasteiger partial charge is 0.361 e. The number of benzene rings is 1. The summed E-state index contributed by atoms with van der Waals surface area (Å²) in [5.41, 5.74) is 3.54. The maximum absolute atomic E-state index is 12.4. The van der Waals surface area contributed by atoms with Gasteiger partial charge in [-0.1, -0.05) is 12.1 Å². The number of carbonyl (C=O) groups is 1. The lowest BCUT2D eigenvalue weighted by molar-refractivity contribution is -0.116. The average Bonchev–Trinajstić information content (AvgIpc) is 3.27. The molecule has 0 aliphatic heterocycles. The molecule has 2 N–H and O–H groups in total. The summed E-state index contributed by atoms with van der Waals surface area (Å²) in [7, 11) is 0. The summed E-state index contributed by atoms with van der Waals surface area (Å²) in [4.78, 5) is 16.9. The number of carbonyl (C=O) groups excluding carboxylic acids is 1. The summed E-state index contributed by atoms with van der Waals surface area (Å²) in [6.07, 6.45) is 2.74. The van der Waals surface area contributed by atoms with Crippen molar-refractivity contribution in [2.45, 2.75) is 51.9 Å². The molecule has 2 aromatic heterocycles. The van der Waals surface area contributed by atoms with Crippen molar-refractivity contribution < 1.29 is 9.32 Å². The molecule has 140 valence electrons. The highest BCUT2D eigenvalue weighted by atomic mass is 16.5. The predicted molar refractivity (Wildman–Crippen MR) is 101 cm³/mol. The van der Waals surface area contributed by atoms with E-state index in [2.05, 4.69) is 25.7 Å². The second-order valence-corrected chi connectivity index (χ2v) is 7.29. The highest BCUT2D eigenvalue weighted by molar-refractivity contribution is 5.91. The highest BCUT2D eigenvalue weighted by Crippen LogP contribution is 2.38. The van der Waals surface area contributed by atoms with Gasteiger partial charge in [-0.3, -0.25) is 9.89 Å². The summed E-state index contributed by atoms with van der Waals surface area (Å²) < 4.78 is 5.20. The van der Waals surface area contributed by atoms with Gasteiger partial charge in [-0.2, -0.15) is 5.10 Å². The van der Waals surface area contributed by atoms with E-state index in [-0.39, 0.29) is 11.8 Å². The van der Waals surface area contributed by atoms with Crippen molar-refractivity contribution in [3.8, 4) is 11.4 Å². The molecule has 3 aromatic rings. The van der Waals surface area contributed by atoms with Gasteiger partial charge in [0.15, 0.2) is 5.82 Å². The van der Waals surface area contributed by atoms with Crippen LogP contribution in [0.4, 0.5) is 5.69 Å². The lowest BCUT2D eigenvalue weighted by Gasteiger charge is -2.11. The zero-order valence-corrected chi connectivity index (χ0v) is 15.7. The van der Waals surface area contributed by atoms with Crippen molar-refractivity contribution >= 4 is 11.6 Å². The van der Waals surface area contributed by atoms with Gasteiger partial charge in [-0.15, -0.1) is 0 Å². The molecule has 0 spiro atoms. The van der Waals surface area contributed by atoms with Crippen molar-refractivity contribution in [3.05, 3.63) is 47.1 Å². The molecule has 1 saturated carbocycles. The first-order valence-corrected chi connectivity index (χ1v) is 9.26. The van der Waals surface area contributed by atoms with Gasteiger partial charge in [0, 0.05) is 29.2 Å². The Labute approximate surface area is 157 Å². The fourth-order valence-corrected chi connectivity index (χ4v) is 3.43. The molecule has 0 bridgehead atoms. The van der Waals surface area contributed by atoms with Crippen LogP contribution in [0.1, 0.15) is 60.9 Å². The molecular formula is C20H23N5O2. The van der Waals surface area contributed by atoms with Crippen molar-refractivity contribution in [2.75, 3.05) is 5.32 Å². The lowest BCUT2D eigenvalue weighted by Crippen LogP contribution is -2.14. The van der Waals surface area contributed by atoms with Crippen LogP contribution < -0.4 is 5.32 Å². The smallest absolute Gasteiger partial charge is 0.224 e. The number of nitrogens with zero attached hydrogens (tertiary/aromatic N) is 3. The van der Waals surface area contributed by atoms with Crippen molar-refractivity contribution in [3.63, 3.8) is 0 Å². The van der Waals surface area contributed by atoms with Crippen LogP contribution in [0.3, 0.4) is 0 Å². The number of nitrogens with one attached hydrogen (secondary N) is 2. The van der Waals surface area contributed by atoms with Gasteiger partial charge < -0.3 is 9.84 Å². The molecule has 7 nitrogen and oxygen atoms in total. The van der Waals surface area contributed by atoms with Gasteiger partial charge in [0.2, 0.25) is 5.91 Å². The minimum absolute atomic E-state index is 0.0378. The molecule has 0 radical (unpaired) electrons. The molecule has 27 heavy (non-hydrogen) atoms. The highest BCUT2D eigenvalue weighted by Gasteiger charge is 2.27. The summed E-state index contributed by atoms with van der Waals surface area (Å²) in [6, 6.07) is 7.60. The minimum atomic E-state index is -0.0378. The lowest BCUT2D eigenvalue weighted by atomic mass is 9.96. The first kappa shape index (κ1) is 17.5. The molecule has 1 aromatic carbocycles. The number of aromatic nitrogens is 4. The first-order valence-electron chi connectivity index (χ1n) is 9.26. The SMILES string of the molecule is Cc1noc(C)c1C(C)CC(=O)Nc1ccc(-c2n[nH]c(C3CC3)n2)cc1. The van der Waals surface area contributed by atoms with Gasteiger partial charge in [0.05, 0.1) is 5.69 Å². The third-order valence-corrected chi connectivity index (χ3v) is 4.97. The minimum Gasteiger partial charge on any atom is -0.361 e. The van der Waals surface area contributed by atoms with Crippen LogP contribution in [0, 0.1) is 13.8 Å². The van der Waals surface area contributed by atoms with Gasteiger partial charge in [0.1, 0.15) is 11.6 Å². The molecule has 1 fully saturated rings. The first-order chi connectivity index (χ1) is 13.0. The summed E-state index contributed by atoms with van der Waals surface area (Å²) in [6.45, 7) is 5.78. The maximum Gasteiger partial charge on any atom is 0.224 e. The van der Waals surface area contributed by atoms with Gasteiger partial charge in [-0.25, -0.2) is 4.98 Å². The van der Waals surface area contributed by atoms with Crippen LogP contribution in [0.25, 0.3) is 11.4 Å². The summed E-state index contributed by atoms with van der Waals surface area (Å²) in [5.74, 6) is 2.99. The standard InChI is InChI=1S/C20H23N5O2/c1-11(18-12(2)25-27-13(18)3)10-17(26)21-16-8-6-15(7-9-16)20-22-19(23-24-20)14-4-5-14/h6-9,11,14H,4-5,10H2,1-3H3,(H,21,26)(H,22,23,24). The molecule has 1 aliphatic rings. The van der Waals surface area contributed by atoms with Crippen LogP contribution in [0.5, 0.6) is 0 Å². The molecule has 2 heterocycles. The van der Waals surface area contributed by atoms with Crippen LogP contribution in [-0.4, -0.2) is 26.2 Å². The van der Waals surface area contributed by atoms with E-state index in [1.165, 1.54) is 12.8 Å². The Morgan fingerprint density at radius 2 is 2.04 bits per heavy atom. The second-order valence-electron chi connectivity index (χ2n) is 7.29. The van der Waals surface area contributed by atoms with Gasteiger partial charge in [-0.05, 0) is 56.9 Å². The predicted octanol–water partition coefficient (Wildman–Crippen LogP) is 4.09. The van der Waals surface area contributed by atoms with E-state index in [4.69, 9.17) is 4.52 Å². The van der Waals surface area contributed by atoms with E-state index in [1.807, 2.05) is 45.0 Å². The number of amides is 1. The van der Waals surface area contributed by atoms with E-state index in [1.54, 1.807) is 0 Å². The normalized spacial score (nSPS) is 14.9. The fraction of sp³-hybridized carbons (Fsp3) is 0.400. The third kappa shape index (κ3) is 3.77. The molecular weight excluding hydrogens is 342 g/mol. The van der Waals surface area contributed by atoms with Gasteiger partial charge in [0.25, 0.3) is 0 Å². The molecule has 1 atom stereocenters. The Morgan fingerprint density at radius 1 is 1.30 bits per heavy atom. The second kappa shape index (κ2) is 6.98. The Kier molecular flexibility index (Phi) is 4.51. The van der Waals surface area contributed by atoms with E-state index >= 15 is 0 Å². The summed E-state index contributed by atoms with van der Waals surface area (Å²) >= 11 is 0. The van der Waals surface area contributed by atoms with E-state index in [9.17, 15) is 4.79 Å². The number of hydrogen-bond donors (Lipinski definition) is 2. The molecule has 1 aliphatic carbocycles. The molecule has 1 unspecified atom stereocenters. The Bertz CT molecular complexity index is 934. The zero-order chi connectivity index (χ0) is 19.0. The van der Waals surface area contributed by atoms with E-state index < -0.39 is 0 Å². The van der Waals surface area contributed by atoms with Crippen molar-refractivity contribution in [2.24, 2.45) is 0 Å². The van der Waals surface area contributed by atoms with Gasteiger partial charge >= 0.3 is 0 Å². The molecule has 7 heteroatoms. The monoisotopic (exact) mass is 365 g/mol. The van der Waals surface area contributed by atoms with E-state index in [0.29, 0.717) is 18.2 Å².